The molecule has 0 bridgehead atoms. The molecular formula is C17H26N5O+. The van der Waals surface area contributed by atoms with Crippen molar-refractivity contribution in [2.24, 2.45) is 0 Å². The number of ether oxygens (including phenoxy) is 1. The van der Waals surface area contributed by atoms with Crippen LogP contribution in [-0.4, -0.2) is 46.5 Å². The predicted octanol–water partition coefficient (Wildman–Crippen LogP) is 0.741. The van der Waals surface area contributed by atoms with Gasteiger partial charge in [-0.3, -0.25) is 0 Å². The highest BCUT2D eigenvalue weighted by atomic mass is 16.5. The summed E-state index contributed by atoms with van der Waals surface area (Å²) in [6.07, 6.45) is 0. The molecule has 124 valence electrons. The van der Waals surface area contributed by atoms with Crippen molar-refractivity contribution in [1.82, 2.24) is 20.2 Å². The van der Waals surface area contributed by atoms with Crippen molar-refractivity contribution >= 4 is 0 Å². The van der Waals surface area contributed by atoms with Gasteiger partial charge in [-0.25, -0.2) is 4.68 Å². The van der Waals surface area contributed by atoms with Gasteiger partial charge in [-0.15, -0.1) is 5.10 Å². The Morgan fingerprint density at radius 1 is 1.13 bits per heavy atom. The predicted molar refractivity (Wildman–Crippen MR) is 87.4 cm³/mol. The van der Waals surface area contributed by atoms with Gasteiger partial charge < -0.3 is 9.64 Å². The molecule has 1 N–H and O–H groups in total. The first-order chi connectivity index (χ1) is 11.0. The largest absolute Gasteiger partial charge is 0.370 e. The maximum absolute atomic E-state index is 5.54. The Hall–Kier alpha value is -1.79. The van der Waals surface area contributed by atoms with Crippen molar-refractivity contribution in [3.05, 3.63) is 41.2 Å². The highest BCUT2D eigenvalue weighted by Gasteiger charge is 2.35. The van der Waals surface area contributed by atoms with Crippen LogP contribution in [0, 0.1) is 6.92 Å². The van der Waals surface area contributed by atoms with Gasteiger partial charge in [0.2, 0.25) is 5.82 Å². The van der Waals surface area contributed by atoms with Gasteiger partial charge in [-0.1, -0.05) is 29.8 Å². The molecule has 1 fully saturated rings. The molecule has 1 aliphatic rings. The molecular weight excluding hydrogens is 290 g/mol. The van der Waals surface area contributed by atoms with E-state index in [0.29, 0.717) is 0 Å². The molecule has 0 saturated carbocycles. The van der Waals surface area contributed by atoms with Crippen LogP contribution < -0.4 is 4.90 Å². The second kappa shape index (κ2) is 6.37. The molecule has 23 heavy (non-hydrogen) atoms. The summed E-state index contributed by atoms with van der Waals surface area (Å²) in [5, 5.41) is 12.6. The number of hydrogen-bond acceptors (Lipinski definition) is 4. The topological polar surface area (TPSA) is 57.3 Å². The van der Waals surface area contributed by atoms with Crippen molar-refractivity contribution < 1.29 is 9.64 Å². The van der Waals surface area contributed by atoms with Crippen LogP contribution in [0.4, 0.5) is 0 Å². The minimum atomic E-state index is -0.145. The molecule has 6 heteroatoms. The summed E-state index contributed by atoms with van der Waals surface area (Å²) in [4.78, 5) is 1.46. The Labute approximate surface area is 137 Å². The molecule has 1 saturated heterocycles. The number of tetrazole rings is 1. The Morgan fingerprint density at radius 2 is 1.78 bits per heavy atom. The van der Waals surface area contributed by atoms with Crippen LogP contribution >= 0.6 is 0 Å². The lowest BCUT2D eigenvalue weighted by Crippen LogP contribution is -3.14. The van der Waals surface area contributed by atoms with Gasteiger partial charge in [-0.05, 0) is 38.1 Å². The first-order valence-corrected chi connectivity index (χ1v) is 8.24. The Kier molecular flexibility index (Phi) is 4.46. The molecule has 1 aliphatic heterocycles. The average Bonchev–Trinajstić information content (AvgIpc) is 3.00. The van der Waals surface area contributed by atoms with Crippen molar-refractivity contribution in [2.75, 3.05) is 26.3 Å². The van der Waals surface area contributed by atoms with Crippen molar-refractivity contribution in [3.8, 4) is 0 Å². The molecule has 3 rings (SSSR count). The van der Waals surface area contributed by atoms with Crippen molar-refractivity contribution in [2.45, 2.75) is 39.3 Å². The lowest BCUT2D eigenvalue weighted by Gasteiger charge is -2.32. The summed E-state index contributed by atoms with van der Waals surface area (Å²) in [7, 11) is 0. The number of rotatable bonds is 3. The standard InChI is InChI=1S/C17H25N5O/c1-13-5-7-14(8-6-13)15(21-9-11-23-12-10-21)16-18-19-20-22(16)17(2,3)4/h5-8,15H,9-12H2,1-4H3/p+1/t15-/m1/s1. The molecule has 1 atom stereocenters. The van der Waals surface area contributed by atoms with E-state index in [4.69, 9.17) is 4.74 Å². The molecule has 0 aliphatic carbocycles. The summed E-state index contributed by atoms with van der Waals surface area (Å²) >= 11 is 0. The quantitative estimate of drug-likeness (QED) is 0.907. The van der Waals surface area contributed by atoms with Gasteiger partial charge in [0.05, 0.1) is 18.8 Å². The number of hydrogen-bond donors (Lipinski definition) is 1. The second-order valence-corrected chi connectivity index (χ2v) is 7.23. The number of aryl methyl sites for hydroxylation is 1. The van der Waals surface area contributed by atoms with Crippen LogP contribution in [0.5, 0.6) is 0 Å². The van der Waals surface area contributed by atoms with Crippen LogP contribution in [-0.2, 0) is 10.3 Å². The highest BCUT2D eigenvalue weighted by Crippen LogP contribution is 2.22. The van der Waals surface area contributed by atoms with Gasteiger partial charge in [0.25, 0.3) is 0 Å². The number of quaternary nitrogens is 1. The zero-order valence-electron chi connectivity index (χ0n) is 14.4. The minimum absolute atomic E-state index is 0.133. The first-order valence-electron chi connectivity index (χ1n) is 8.24. The summed E-state index contributed by atoms with van der Waals surface area (Å²) in [6.45, 7) is 12.0. The summed E-state index contributed by atoms with van der Waals surface area (Å²) in [6, 6.07) is 8.85. The van der Waals surface area contributed by atoms with Gasteiger partial charge >= 0.3 is 0 Å². The van der Waals surface area contributed by atoms with E-state index in [1.54, 1.807) is 0 Å². The molecule has 0 radical (unpaired) electrons. The monoisotopic (exact) mass is 316 g/mol. The number of morpholine rings is 1. The Bertz CT molecular complexity index is 638. The molecule has 6 nitrogen and oxygen atoms in total. The number of benzene rings is 1. The van der Waals surface area contributed by atoms with Crippen molar-refractivity contribution in [3.63, 3.8) is 0 Å². The molecule has 2 aromatic rings. The lowest BCUT2D eigenvalue weighted by molar-refractivity contribution is -0.933. The number of nitrogens with zero attached hydrogens (tertiary/aromatic N) is 4. The van der Waals surface area contributed by atoms with Gasteiger partial charge in [0.15, 0.2) is 6.04 Å². The van der Waals surface area contributed by atoms with E-state index < -0.39 is 0 Å². The molecule has 1 aromatic carbocycles. The fraction of sp³-hybridized carbons (Fsp3) is 0.588. The molecule has 1 aromatic heterocycles. The third-order valence-corrected chi connectivity index (χ3v) is 4.34. The van der Waals surface area contributed by atoms with Crippen LogP contribution in [0.25, 0.3) is 0 Å². The average molecular weight is 316 g/mol. The second-order valence-electron chi connectivity index (χ2n) is 7.23. The highest BCUT2D eigenvalue weighted by molar-refractivity contribution is 5.26. The zero-order chi connectivity index (χ0) is 16.4. The summed E-state index contributed by atoms with van der Waals surface area (Å²) < 4.78 is 7.50. The van der Waals surface area contributed by atoms with Crippen molar-refractivity contribution in [1.29, 1.82) is 0 Å². The van der Waals surface area contributed by atoms with Crippen LogP contribution in [0.15, 0.2) is 24.3 Å². The third-order valence-electron chi connectivity index (χ3n) is 4.34. The van der Waals surface area contributed by atoms with Gasteiger partial charge in [-0.2, -0.15) is 0 Å². The molecule has 0 unspecified atom stereocenters. The third kappa shape index (κ3) is 3.43. The Balaban J connectivity index is 2.05. The van der Waals surface area contributed by atoms with Crippen LogP contribution in [0.1, 0.15) is 43.8 Å². The zero-order valence-corrected chi connectivity index (χ0v) is 14.4. The molecule has 0 amide bonds. The van der Waals surface area contributed by atoms with E-state index in [-0.39, 0.29) is 11.6 Å². The number of aromatic nitrogens is 4. The van der Waals surface area contributed by atoms with E-state index in [2.05, 4.69) is 67.5 Å². The molecule has 2 heterocycles. The van der Waals surface area contributed by atoms with Gasteiger partial charge in [0.1, 0.15) is 13.1 Å². The normalized spacial score (nSPS) is 18.1. The first kappa shape index (κ1) is 16.1. The summed E-state index contributed by atoms with van der Waals surface area (Å²) in [5.74, 6) is 0.929. The smallest absolute Gasteiger partial charge is 0.214 e. The van der Waals surface area contributed by atoms with Crippen LogP contribution in [0.2, 0.25) is 0 Å². The van der Waals surface area contributed by atoms with E-state index in [0.717, 1.165) is 32.1 Å². The molecule has 0 spiro atoms. The maximum atomic E-state index is 5.54. The van der Waals surface area contributed by atoms with Gasteiger partial charge in [0, 0.05) is 5.56 Å². The summed E-state index contributed by atoms with van der Waals surface area (Å²) in [5.41, 5.74) is 2.38. The number of nitrogens with one attached hydrogen (secondary N) is 1. The SMILES string of the molecule is Cc1ccc([C@H](c2nnnn2C(C)(C)C)[NH+]2CCOCC2)cc1. The Morgan fingerprint density at radius 3 is 2.39 bits per heavy atom. The minimum Gasteiger partial charge on any atom is -0.370 e. The fourth-order valence-corrected chi connectivity index (χ4v) is 3.10. The maximum Gasteiger partial charge on any atom is 0.214 e. The lowest BCUT2D eigenvalue weighted by atomic mass is 10.0. The van der Waals surface area contributed by atoms with Crippen LogP contribution in [0.3, 0.4) is 0 Å². The van der Waals surface area contributed by atoms with E-state index in [1.165, 1.54) is 16.0 Å². The van der Waals surface area contributed by atoms with E-state index in [1.807, 2.05) is 4.68 Å². The van der Waals surface area contributed by atoms with E-state index in [9.17, 15) is 0 Å². The van der Waals surface area contributed by atoms with E-state index >= 15 is 0 Å². The fourth-order valence-electron chi connectivity index (χ4n) is 3.10.